The number of fused-ring (bicyclic) bond motifs is 5. The van der Waals surface area contributed by atoms with Gasteiger partial charge in [-0.1, -0.05) is 18.2 Å². The van der Waals surface area contributed by atoms with Crippen molar-refractivity contribution in [2.45, 2.75) is 31.7 Å². The molecule has 8 nitrogen and oxygen atoms in total. The summed E-state index contributed by atoms with van der Waals surface area (Å²) in [6.07, 6.45) is 3.99. The number of rotatable bonds is 4. The van der Waals surface area contributed by atoms with Crippen molar-refractivity contribution in [3.8, 4) is 0 Å². The number of aryl methyl sites for hydroxylation is 1. The van der Waals surface area contributed by atoms with E-state index in [2.05, 4.69) is 11.1 Å². The molecular weight excluding hydrogens is 384 g/mol. The number of H-pyrrole nitrogens is 1. The SMILES string of the molecule is O=C(CCc1c[nH]c2ccccc12)N1C[C@H]2C[C@@H](C1)c1ccc([N+](=O)[O-])c(=O)n1C2. The summed E-state index contributed by atoms with van der Waals surface area (Å²) in [5, 5.41) is 12.2. The predicted octanol–water partition coefficient (Wildman–Crippen LogP) is 2.82. The first-order chi connectivity index (χ1) is 14.5. The van der Waals surface area contributed by atoms with Crippen molar-refractivity contribution < 1.29 is 9.72 Å². The first-order valence-electron chi connectivity index (χ1n) is 10.2. The van der Waals surface area contributed by atoms with Crippen LogP contribution < -0.4 is 5.56 Å². The molecule has 0 aliphatic carbocycles. The molecule has 2 aliphatic heterocycles. The number of hydrogen-bond donors (Lipinski definition) is 1. The second kappa shape index (κ2) is 7.12. The molecule has 0 unspecified atom stereocenters. The monoisotopic (exact) mass is 406 g/mol. The molecule has 0 radical (unpaired) electrons. The number of hydrogen-bond acceptors (Lipinski definition) is 4. The molecule has 3 aromatic rings. The molecule has 2 aliphatic rings. The molecule has 1 fully saturated rings. The molecule has 5 rings (SSSR count). The van der Waals surface area contributed by atoms with Gasteiger partial charge in [0.05, 0.1) is 4.92 Å². The van der Waals surface area contributed by atoms with Gasteiger partial charge in [0.25, 0.3) is 0 Å². The average molecular weight is 406 g/mol. The van der Waals surface area contributed by atoms with Gasteiger partial charge in [-0.25, -0.2) is 0 Å². The van der Waals surface area contributed by atoms with Crippen molar-refractivity contribution in [1.82, 2.24) is 14.5 Å². The molecule has 1 saturated heterocycles. The van der Waals surface area contributed by atoms with E-state index >= 15 is 0 Å². The number of nitro groups is 1. The minimum Gasteiger partial charge on any atom is -0.361 e. The Hall–Kier alpha value is -3.42. The fourth-order valence-corrected chi connectivity index (χ4v) is 5.02. The summed E-state index contributed by atoms with van der Waals surface area (Å²) >= 11 is 0. The third kappa shape index (κ3) is 3.08. The molecule has 0 spiro atoms. The van der Waals surface area contributed by atoms with Gasteiger partial charge in [0.15, 0.2) is 0 Å². The van der Waals surface area contributed by atoms with Gasteiger partial charge in [0.1, 0.15) is 0 Å². The lowest BCUT2D eigenvalue weighted by Gasteiger charge is -2.42. The van der Waals surface area contributed by atoms with Gasteiger partial charge in [-0.15, -0.1) is 0 Å². The van der Waals surface area contributed by atoms with Crippen LogP contribution in [-0.2, 0) is 17.8 Å². The van der Waals surface area contributed by atoms with Gasteiger partial charge >= 0.3 is 11.2 Å². The molecule has 1 N–H and O–H groups in total. The van der Waals surface area contributed by atoms with E-state index in [0.717, 1.165) is 28.6 Å². The minimum atomic E-state index is -0.624. The summed E-state index contributed by atoms with van der Waals surface area (Å²) in [7, 11) is 0. The second-order valence-corrected chi connectivity index (χ2v) is 8.27. The second-order valence-electron chi connectivity index (χ2n) is 8.27. The fraction of sp³-hybridized carbons (Fsp3) is 0.364. The van der Waals surface area contributed by atoms with Crippen LogP contribution in [0.3, 0.4) is 0 Å². The number of para-hydroxylation sites is 1. The van der Waals surface area contributed by atoms with E-state index < -0.39 is 10.5 Å². The lowest BCUT2D eigenvalue weighted by atomic mass is 9.83. The summed E-state index contributed by atoms with van der Waals surface area (Å²) in [6.45, 7) is 1.58. The molecule has 2 bridgehead atoms. The lowest BCUT2D eigenvalue weighted by Crippen LogP contribution is -2.49. The van der Waals surface area contributed by atoms with Gasteiger partial charge in [-0.3, -0.25) is 19.7 Å². The summed E-state index contributed by atoms with van der Waals surface area (Å²) in [5.41, 5.74) is 2.09. The van der Waals surface area contributed by atoms with Gasteiger partial charge in [-0.2, -0.15) is 0 Å². The highest BCUT2D eigenvalue weighted by molar-refractivity contribution is 5.84. The fourth-order valence-electron chi connectivity index (χ4n) is 5.02. The van der Waals surface area contributed by atoms with Crippen LogP contribution in [0.2, 0.25) is 0 Å². The Bertz CT molecular complexity index is 1210. The smallest absolute Gasteiger partial charge is 0.334 e. The van der Waals surface area contributed by atoms with Crippen LogP contribution in [-0.4, -0.2) is 38.4 Å². The Balaban J connectivity index is 1.31. The van der Waals surface area contributed by atoms with E-state index in [4.69, 9.17) is 0 Å². The number of carbonyl (C=O) groups is 1. The third-order valence-corrected chi connectivity index (χ3v) is 6.42. The third-order valence-electron chi connectivity index (χ3n) is 6.42. The van der Waals surface area contributed by atoms with Crippen molar-refractivity contribution in [2.24, 2.45) is 5.92 Å². The topological polar surface area (TPSA) is 101 Å². The van der Waals surface area contributed by atoms with Gasteiger partial charge in [0.2, 0.25) is 5.91 Å². The number of likely N-dealkylation sites (tertiary alicyclic amines) is 1. The van der Waals surface area contributed by atoms with Crippen LogP contribution in [0.1, 0.15) is 30.0 Å². The van der Waals surface area contributed by atoms with Gasteiger partial charge in [0, 0.05) is 60.8 Å². The van der Waals surface area contributed by atoms with Crippen LogP contribution in [0.5, 0.6) is 0 Å². The predicted molar refractivity (Wildman–Crippen MR) is 111 cm³/mol. The number of pyridine rings is 1. The lowest BCUT2D eigenvalue weighted by molar-refractivity contribution is -0.386. The number of aromatic nitrogens is 2. The summed E-state index contributed by atoms with van der Waals surface area (Å²) in [5.74, 6) is 0.309. The highest BCUT2D eigenvalue weighted by Crippen LogP contribution is 2.36. The zero-order valence-electron chi connectivity index (χ0n) is 16.4. The largest absolute Gasteiger partial charge is 0.361 e. The number of nitrogens with one attached hydrogen (secondary N) is 1. The number of nitrogens with zero attached hydrogens (tertiary/aromatic N) is 3. The highest BCUT2D eigenvalue weighted by Gasteiger charge is 2.37. The first-order valence-corrected chi connectivity index (χ1v) is 10.2. The molecular formula is C22H22N4O4. The van der Waals surface area contributed by atoms with Crippen molar-refractivity contribution >= 4 is 22.5 Å². The standard InChI is InChI=1S/C22H22N4O4/c27-21(8-5-15-10-23-18-4-2-1-3-17(15)18)24-11-14-9-16(13-24)19-6-7-20(26(29)30)22(28)25(19)12-14/h1-4,6-7,10,14,16,23H,5,8-9,11-13H2/t14-,16+/m1/s1. The zero-order chi connectivity index (χ0) is 20.8. The van der Waals surface area contributed by atoms with Crippen molar-refractivity contribution in [3.63, 3.8) is 0 Å². The number of benzene rings is 1. The van der Waals surface area contributed by atoms with E-state index in [1.54, 1.807) is 10.6 Å². The maximum atomic E-state index is 12.9. The zero-order valence-corrected chi connectivity index (χ0v) is 16.4. The number of piperidine rings is 1. The number of aromatic amines is 1. The Morgan fingerprint density at radius 3 is 2.83 bits per heavy atom. The maximum absolute atomic E-state index is 12.9. The molecule has 154 valence electrons. The van der Waals surface area contributed by atoms with Crippen molar-refractivity contribution in [2.75, 3.05) is 13.1 Å². The van der Waals surface area contributed by atoms with Crippen molar-refractivity contribution in [1.29, 1.82) is 0 Å². The van der Waals surface area contributed by atoms with E-state index in [9.17, 15) is 19.7 Å². The highest BCUT2D eigenvalue weighted by atomic mass is 16.6. The van der Waals surface area contributed by atoms with Gasteiger partial charge < -0.3 is 14.5 Å². The van der Waals surface area contributed by atoms with Crippen LogP contribution in [0, 0.1) is 16.0 Å². The normalized spacial score (nSPS) is 20.2. The Labute approximate surface area is 172 Å². The van der Waals surface area contributed by atoms with Crippen molar-refractivity contribution in [3.05, 3.63) is 74.3 Å². The number of amides is 1. The van der Waals surface area contributed by atoms with Crippen LogP contribution in [0.4, 0.5) is 5.69 Å². The molecule has 8 heteroatoms. The van der Waals surface area contributed by atoms with Crippen LogP contribution >= 0.6 is 0 Å². The summed E-state index contributed by atoms with van der Waals surface area (Å²) in [4.78, 5) is 41.0. The molecule has 2 atom stereocenters. The Kier molecular flexibility index (Phi) is 4.42. The van der Waals surface area contributed by atoms with Crippen LogP contribution in [0.25, 0.3) is 10.9 Å². The average Bonchev–Trinajstić information content (AvgIpc) is 3.15. The molecule has 1 aromatic carbocycles. The Morgan fingerprint density at radius 2 is 2.00 bits per heavy atom. The van der Waals surface area contributed by atoms with E-state index in [1.165, 1.54) is 6.07 Å². The molecule has 30 heavy (non-hydrogen) atoms. The minimum absolute atomic E-state index is 0.0445. The van der Waals surface area contributed by atoms with E-state index in [1.807, 2.05) is 29.3 Å². The quantitative estimate of drug-likeness (QED) is 0.532. The van der Waals surface area contributed by atoms with Crippen LogP contribution in [0.15, 0.2) is 47.4 Å². The van der Waals surface area contributed by atoms with E-state index in [0.29, 0.717) is 32.5 Å². The van der Waals surface area contributed by atoms with Gasteiger partial charge in [-0.05, 0) is 36.5 Å². The summed E-state index contributed by atoms with van der Waals surface area (Å²) in [6, 6.07) is 11.0. The maximum Gasteiger partial charge on any atom is 0.334 e. The molecule has 2 aromatic heterocycles. The number of carbonyl (C=O) groups excluding carboxylic acids is 1. The van der Waals surface area contributed by atoms with E-state index in [-0.39, 0.29) is 23.4 Å². The molecule has 1 amide bonds. The molecule has 0 saturated carbocycles. The molecule has 4 heterocycles. The summed E-state index contributed by atoms with van der Waals surface area (Å²) < 4.78 is 1.55. The Morgan fingerprint density at radius 1 is 1.17 bits per heavy atom. The first kappa shape index (κ1) is 18.6.